The van der Waals surface area contributed by atoms with E-state index < -0.39 is 5.97 Å². The van der Waals surface area contributed by atoms with E-state index in [4.69, 9.17) is 9.47 Å². The minimum absolute atomic E-state index is 0.397. The summed E-state index contributed by atoms with van der Waals surface area (Å²) in [5.74, 6) is 0.456. The number of aromatic nitrogens is 1. The van der Waals surface area contributed by atoms with E-state index >= 15 is 0 Å². The molecule has 0 aliphatic rings. The maximum Gasteiger partial charge on any atom is 0.336 e. The Morgan fingerprint density at radius 2 is 2.05 bits per heavy atom. The van der Waals surface area contributed by atoms with E-state index in [-0.39, 0.29) is 0 Å². The smallest absolute Gasteiger partial charge is 0.336 e. The Morgan fingerprint density at radius 3 is 2.68 bits per heavy atom. The van der Waals surface area contributed by atoms with Crippen LogP contribution in [0.15, 0.2) is 35.7 Å². The predicted molar refractivity (Wildman–Crippen MR) is 74.5 cm³/mol. The fraction of sp³-hybridized carbons (Fsp3) is 0.143. The molecule has 0 spiro atoms. The molecule has 0 N–H and O–H groups in total. The first kappa shape index (κ1) is 13.3. The first-order valence-electron chi connectivity index (χ1n) is 5.64. The minimum Gasteiger partial charge on any atom is -0.493 e. The lowest BCUT2D eigenvalue weighted by atomic mass is 10.3. The van der Waals surface area contributed by atoms with E-state index in [0.717, 1.165) is 10.7 Å². The topological polar surface area (TPSA) is 48.4 Å². The van der Waals surface area contributed by atoms with Gasteiger partial charge >= 0.3 is 5.97 Å². The van der Waals surface area contributed by atoms with Gasteiger partial charge in [0.1, 0.15) is 0 Å². The van der Waals surface area contributed by atoms with Crippen LogP contribution >= 0.6 is 11.3 Å². The molecule has 98 valence electrons. The van der Waals surface area contributed by atoms with E-state index in [9.17, 15) is 4.79 Å². The van der Waals surface area contributed by atoms with Gasteiger partial charge in [0.05, 0.1) is 17.8 Å². The fourth-order valence-corrected chi connectivity index (χ4v) is 2.04. The number of thiazole rings is 1. The number of rotatable bonds is 4. The summed E-state index contributed by atoms with van der Waals surface area (Å²) in [6.07, 6.45) is 2.97. The maximum atomic E-state index is 11.7. The van der Waals surface area contributed by atoms with Crippen molar-refractivity contribution in [3.63, 3.8) is 0 Å². The molecule has 1 aromatic heterocycles. The number of carbonyl (C=O) groups is 1. The molecule has 0 aliphatic carbocycles. The summed E-state index contributed by atoms with van der Waals surface area (Å²) in [6.45, 7) is 1.91. The summed E-state index contributed by atoms with van der Waals surface area (Å²) >= 11 is 1.53. The molecule has 0 saturated carbocycles. The quantitative estimate of drug-likeness (QED) is 0.489. The van der Waals surface area contributed by atoms with Crippen LogP contribution in [-0.4, -0.2) is 18.1 Å². The van der Waals surface area contributed by atoms with Crippen molar-refractivity contribution < 1.29 is 14.3 Å². The van der Waals surface area contributed by atoms with Crippen molar-refractivity contribution in [2.24, 2.45) is 0 Å². The van der Waals surface area contributed by atoms with Crippen LogP contribution in [0.1, 0.15) is 10.7 Å². The van der Waals surface area contributed by atoms with Crippen LogP contribution in [0.2, 0.25) is 0 Å². The van der Waals surface area contributed by atoms with Crippen molar-refractivity contribution in [3.05, 3.63) is 46.4 Å². The van der Waals surface area contributed by atoms with Crippen molar-refractivity contribution in [2.75, 3.05) is 7.11 Å². The minimum atomic E-state index is -0.463. The SMILES string of the molecule is COc1ccccc1OC(=O)/C=C/c1csc(C)n1. The molecule has 0 radical (unpaired) electrons. The number of ether oxygens (including phenoxy) is 2. The van der Waals surface area contributed by atoms with Gasteiger partial charge in [-0.05, 0) is 25.1 Å². The van der Waals surface area contributed by atoms with Gasteiger partial charge in [0.15, 0.2) is 11.5 Å². The Hall–Kier alpha value is -2.14. The average molecular weight is 275 g/mol. The monoisotopic (exact) mass is 275 g/mol. The number of para-hydroxylation sites is 2. The molecule has 0 aliphatic heterocycles. The summed E-state index contributed by atoms with van der Waals surface area (Å²) in [7, 11) is 1.53. The standard InChI is InChI=1S/C14H13NO3S/c1-10-15-11(9-19-10)7-8-14(16)18-13-6-4-3-5-12(13)17-2/h3-9H,1-2H3/b8-7+. The number of esters is 1. The Morgan fingerprint density at radius 1 is 1.32 bits per heavy atom. The third kappa shape index (κ3) is 3.66. The van der Waals surface area contributed by atoms with Gasteiger partial charge in [0.25, 0.3) is 0 Å². The van der Waals surface area contributed by atoms with Gasteiger partial charge in [-0.15, -0.1) is 11.3 Å². The van der Waals surface area contributed by atoms with E-state index in [2.05, 4.69) is 4.98 Å². The van der Waals surface area contributed by atoms with Crippen LogP contribution in [0, 0.1) is 6.92 Å². The molecule has 19 heavy (non-hydrogen) atoms. The number of benzene rings is 1. The van der Waals surface area contributed by atoms with E-state index in [0.29, 0.717) is 11.5 Å². The molecule has 0 saturated heterocycles. The molecule has 2 rings (SSSR count). The highest BCUT2D eigenvalue weighted by Gasteiger charge is 2.06. The molecule has 0 amide bonds. The highest BCUT2D eigenvalue weighted by Crippen LogP contribution is 2.25. The zero-order chi connectivity index (χ0) is 13.7. The summed E-state index contributed by atoms with van der Waals surface area (Å²) in [5, 5.41) is 2.83. The van der Waals surface area contributed by atoms with Crippen molar-refractivity contribution >= 4 is 23.4 Å². The number of carbonyl (C=O) groups excluding carboxylic acids is 1. The van der Waals surface area contributed by atoms with E-state index in [1.807, 2.05) is 18.4 Å². The van der Waals surface area contributed by atoms with Crippen LogP contribution in [0.3, 0.4) is 0 Å². The third-order valence-corrected chi connectivity index (χ3v) is 3.10. The second-order valence-corrected chi connectivity index (χ2v) is 4.76. The zero-order valence-corrected chi connectivity index (χ0v) is 11.4. The third-order valence-electron chi connectivity index (χ3n) is 2.31. The lowest BCUT2D eigenvalue weighted by molar-refractivity contribution is -0.129. The molecule has 0 unspecified atom stereocenters. The number of nitrogens with zero attached hydrogens (tertiary/aromatic N) is 1. The van der Waals surface area contributed by atoms with Crippen LogP contribution in [-0.2, 0) is 4.79 Å². The van der Waals surface area contributed by atoms with E-state index in [1.54, 1.807) is 24.3 Å². The van der Waals surface area contributed by atoms with Gasteiger partial charge in [0.2, 0.25) is 0 Å². The second kappa shape index (κ2) is 6.15. The Balaban J connectivity index is 2.03. The van der Waals surface area contributed by atoms with Crippen molar-refractivity contribution in [2.45, 2.75) is 6.92 Å². The number of methoxy groups -OCH3 is 1. The van der Waals surface area contributed by atoms with Crippen LogP contribution < -0.4 is 9.47 Å². The molecular formula is C14H13NO3S. The van der Waals surface area contributed by atoms with Gasteiger partial charge in [-0.25, -0.2) is 9.78 Å². The zero-order valence-electron chi connectivity index (χ0n) is 10.6. The highest BCUT2D eigenvalue weighted by molar-refractivity contribution is 7.09. The molecule has 0 atom stereocenters. The molecule has 0 fully saturated rings. The molecule has 2 aromatic rings. The maximum absolute atomic E-state index is 11.7. The first-order valence-corrected chi connectivity index (χ1v) is 6.52. The van der Waals surface area contributed by atoms with Crippen molar-refractivity contribution in [1.29, 1.82) is 0 Å². The van der Waals surface area contributed by atoms with Gasteiger partial charge in [-0.1, -0.05) is 12.1 Å². The normalized spacial score (nSPS) is 10.6. The van der Waals surface area contributed by atoms with Gasteiger partial charge in [0, 0.05) is 11.5 Å². The van der Waals surface area contributed by atoms with Gasteiger partial charge in [-0.2, -0.15) is 0 Å². The largest absolute Gasteiger partial charge is 0.493 e. The number of hydrogen-bond acceptors (Lipinski definition) is 5. The fourth-order valence-electron chi connectivity index (χ4n) is 1.46. The van der Waals surface area contributed by atoms with Crippen molar-refractivity contribution in [3.8, 4) is 11.5 Å². The number of hydrogen-bond donors (Lipinski definition) is 0. The summed E-state index contributed by atoms with van der Waals surface area (Å²) in [5.41, 5.74) is 0.750. The highest BCUT2D eigenvalue weighted by atomic mass is 32.1. The summed E-state index contributed by atoms with van der Waals surface area (Å²) in [4.78, 5) is 15.9. The molecule has 1 heterocycles. The molecule has 5 heteroatoms. The summed E-state index contributed by atoms with van der Waals surface area (Å²) < 4.78 is 10.3. The molecule has 0 bridgehead atoms. The van der Waals surface area contributed by atoms with E-state index in [1.165, 1.54) is 24.5 Å². The summed E-state index contributed by atoms with van der Waals surface area (Å²) in [6, 6.07) is 7.00. The van der Waals surface area contributed by atoms with Crippen molar-refractivity contribution in [1.82, 2.24) is 4.98 Å². The predicted octanol–water partition coefficient (Wildman–Crippen LogP) is 3.08. The Kier molecular flexibility index (Phi) is 4.30. The second-order valence-electron chi connectivity index (χ2n) is 3.70. The lowest BCUT2D eigenvalue weighted by Gasteiger charge is -2.06. The molecular weight excluding hydrogens is 262 g/mol. The number of aryl methyl sites for hydroxylation is 1. The average Bonchev–Trinajstić information content (AvgIpc) is 2.83. The molecule has 1 aromatic carbocycles. The van der Waals surface area contributed by atoms with Crippen LogP contribution in [0.25, 0.3) is 6.08 Å². The van der Waals surface area contributed by atoms with Gasteiger partial charge < -0.3 is 9.47 Å². The molecule has 4 nitrogen and oxygen atoms in total. The van der Waals surface area contributed by atoms with Gasteiger partial charge in [-0.3, -0.25) is 0 Å². The lowest BCUT2D eigenvalue weighted by Crippen LogP contribution is -2.04. The Bertz CT molecular complexity index is 604. The Labute approximate surface area is 115 Å². The van der Waals surface area contributed by atoms with Crippen LogP contribution in [0.4, 0.5) is 0 Å². The van der Waals surface area contributed by atoms with Crippen LogP contribution in [0.5, 0.6) is 11.5 Å². The first-order chi connectivity index (χ1) is 9.19.